The fourth-order valence-electron chi connectivity index (χ4n) is 0.857. The molecule has 2 N–H and O–H groups in total. The van der Waals surface area contributed by atoms with Crippen LogP contribution < -0.4 is 0 Å². The monoisotopic (exact) mass is 160 g/mol. The molecule has 11 heavy (non-hydrogen) atoms. The van der Waals surface area contributed by atoms with Crippen molar-refractivity contribution < 1.29 is 15.0 Å². The number of hydrogen-bond donors (Lipinski definition) is 2. The highest BCUT2D eigenvalue weighted by molar-refractivity contribution is 5.84. The topological polar surface area (TPSA) is 57.5 Å². The molecule has 0 aliphatic carbocycles. The zero-order valence-corrected chi connectivity index (χ0v) is 7.46. The number of aliphatic hydroxyl groups excluding tert-OH is 1. The van der Waals surface area contributed by atoms with Crippen LogP contribution in [0.25, 0.3) is 0 Å². The molecule has 0 heterocycles. The van der Waals surface area contributed by atoms with Gasteiger partial charge in [-0.05, 0) is 19.8 Å². The SMILES string of the molecule is CC(=O)C(C)(O)C(O)C(C)C. The Kier molecular flexibility index (Phi) is 3.20. The van der Waals surface area contributed by atoms with E-state index in [9.17, 15) is 15.0 Å². The van der Waals surface area contributed by atoms with E-state index in [1.807, 2.05) is 0 Å². The molecule has 0 bridgehead atoms. The van der Waals surface area contributed by atoms with Gasteiger partial charge in [-0.1, -0.05) is 13.8 Å². The van der Waals surface area contributed by atoms with Gasteiger partial charge in [0.25, 0.3) is 0 Å². The zero-order chi connectivity index (χ0) is 9.23. The van der Waals surface area contributed by atoms with Gasteiger partial charge in [-0.3, -0.25) is 4.79 Å². The van der Waals surface area contributed by atoms with Crippen molar-refractivity contribution in [2.75, 3.05) is 0 Å². The Morgan fingerprint density at radius 2 is 1.82 bits per heavy atom. The number of aliphatic hydroxyl groups is 2. The predicted molar refractivity (Wildman–Crippen MR) is 42.1 cm³/mol. The van der Waals surface area contributed by atoms with E-state index in [0.29, 0.717) is 0 Å². The molecule has 2 atom stereocenters. The minimum absolute atomic E-state index is 0.117. The average molecular weight is 160 g/mol. The highest BCUT2D eigenvalue weighted by Gasteiger charge is 2.36. The number of carbonyl (C=O) groups excluding carboxylic acids is 1. The lowest BCUT2D eigenvalue weighted by atomic mass is 9.88. The minimum atomic E-state index is -1.60. The van der Waals surface area contributed by atoms with Crippen LogP contribution in [-0.2, 0) is 4.79 Å². The number of Topliss-reactive ketones (excluding diaryl/α,β-unsaturated/α-hetero) is 1. The lowest BCUT2D eigenvalue weighted by molar-refractivity contribution is -0.148. The molecular formula is C8H16O3. The van der Waals surface area contributed by atoms with Crippen LogP contribution in [0.1, 0.15) is 27.7 Å². The van der Waals surface area contributed by atoms with E-state index in [1.165, 1.54) is 13.8 Å². The molecular weight excluding hydrogens is 144 g/mol. The fourth-order valence-corrected chi connectivity index (χ4v) is 0.857. The maximum absolute atomic E-state index is 10.8. The lowest BCUT2D eigenvalue weighted by Gasteiger charge is -2.28. The van der Waals surface area contributed by atoms with Gasteiger partial charge in [-0.2, -0.15) is 0 Å². The largest absolute Gasteiger partial charge is 0.389 e. The van der Waals surface area contributed by atoms with E-state index in [0.717, 1.165) is 0 Å². The summed E-state index contributed by atoms with van der Waals surface area (Å²) in [6.07, 6.45) is -0.986. The van der Waals surface area contributed by atoms with Gasteiger partial charge in [-0.15, -0.1) is 0 Å². The molecule has 3 nitrogen and oxygen atoms in total. The van der Waals surface area contributed by atoms with E-state index in [4.69, 9.17) is 0 Å². The summed E-state index contributed by atoms with van der Waals surface area (Å²) in [7, 11) is 0. The molecule has 0 radical (unpaired) electrons. The molecule has 0 aromatic rings. The van der Waals surface area contributed by atoms with E-state index in [1.54, 1.807) is 13.8 Å². The third-order valence-electron chi connectivity index (χ3n) is 1.92. The average Bonchev–Trinajstić information content (AvgIpc) is 1.85. The summed E-state index contributed by atoms with van der Waals surface area (Å²) in [6, 6.07) is 0. The Labute approximate surface area is 67.0 Å². The Morgan fingerprint density at radius 1 is 1.45 bits per heavy atom. The molecule has 0 aromatic heterocycles. The van der Waals surface area contributed by atoms with Crippen LogP contribution in [0.4, 0.5) is 0 Å². The second kappa shape index (κ2) is 3.32. The summed E-state index contributed by atoms with van der Waals surface area (Å²) in [5, 5.41) is 18.8. The van der Waals surface area contributed by atoms with E-state index in [-0.39, 0.29) is 5.92 Å². The van der Waals surface area contributed by atoms with E-state index in [2.05, 4.69) is 0 Å². The van der Waals surface area contributed by atoms with Crippen LogP contribution in [0, 0.1) is 5.92 Å². The van der Waals surface area contributed by atoms with Crippen LogP contribution in [0.2, 0.25) is 0 Å². The summed E-state index contributed by atoms with van der Waals surface area (Å²) in [5.41, 5.74) is -1.60. The summed E-state index contributed by atoms with van der Waals surface area (Å²) in [4.78, 5) is 10.8. The summed E-state index contributed by atoms with van der Waals surface area (Å²) in [5.74, 6) is -0.521. The van der Waals surface area contributed by atoms with Gasteiger partial charge >= 0.3 is 0 Å². The maximum Gasteiger partial charge on any atom is 0.163 e. The summed E-state index contributed by atoms with van der Waals surface area (Å²) >= 11 is 0. The molecule has 0 spiro atoms. The van der Waals surface area contributed by atoms with Crippen molar-refractivity contribution in [2.24, 2.45) is 5.92 Å². The van der Waals surface area contributed by atoms with Crippen LogP contribution in [0.5, 0.6) is 0 Å². The smallest absolute Gasteiger partial charge is 0.163 e. The third kappa shape index (κ3) is 2.27. The second-order valence-corrected chi connectivity index (χ2v) is 3.39. The second-order valence-electron chi connectivity index (χ2n) is 3.39. The Hall–Kier alpha value is -0.410. The van der Waals surface area contributed by atoms with Crippen LogP contribution in [0.15, 0.2) is 0 Å². The first-order valence-corrected chi connectivity index (χ1v) is 3.71. The predicted octanol–water partition coefficient (Wildman–Crippen LogP) is 0.343. The third-order valence-corrected chi connectivity index (χ3v) is 1.92. The standard InChI is InChI=1S/C8H16O3/c1-5(2)7(10)8(4,11)6(3)9/h5,7,10-11H,1-4H3. The molecule has 0 amide bonds. The van der Waals surface area contributed by atoms with Crippen molar-refractivity contribution in [3.8, 4) is 0 Å². The van der Waals surface area contributed by atoms with E-state index >= 15 is 0 Å². The van der Waals surface area contributed by atoms with Gasteiger partial charge in [0, 0.05) is 0 Å². The minimum Gasteiger partial charge on any atom is -0.389 e. The highest BCUT2D eigenvalue weighted by atomic mass is 16.3. The molecule has 0 aliphatic heterocycles. The van der Waals surface area contributed by atoms with Crippen LogP contribution in [0.3, 0.4) is 0 Å². The molecule has 3 heteroatoms. The first-order chi connectivity index (χ1) is 4.80. The van der Waals surface area contributed by atoms with Crippen molar-refractivity contribution in [3.63, 3.8) is 0 Å². The molecule has 0 saturated heterocycles. The fraction of sp³-hybridized carbons (Fsp3) is 0.875. The lowest BCUT2D eigenvalue weighted by Crippen LogP contribution is -2.48. The van der Waals surface area contributed by atoms with Crippen LogP contribution >= 0.6 is 0 Å². The number of hydrogen-bond acceptors (Lipinski definition) is 3. The van der Waals surface area contributed by atoms with Crippen molar-refractivity contribution in [2.45, 2.75) is 39.4 Å². The van der Waals surface area contributed by atoms with Gasteiger partial charge in [0.1, 0.15) is 5.60 Å². The highest BCUT2D eigenvalue weighted by Crippen LogP contribution is 2.17. The van der Waals surface area contributed by atoms with E-state index < -0.39 is 17.5 Å². The maximum atomic E-state index is 10.8. The quantitative estimate of drug-likeness (QED) is 0.626. The number of ketones is 1. The van der Waals surface area contributed by atoms with Gasteiger partial charge in [0.2, 0.25) is 0 Å². The van der Waals surface area contributed by atoms with Gasteiger partial charge in [0.15, 0.2) is 5.78 Å². The van der Waals surface area contributed by atoms with Crippen molar-refractivity contribution in [3.05, 3.63) is 0 Å². The zero-order valence-electron chi connectivity index (χ0n) is 7.46. The normalized spacial score (nSPS) is 19.5. The van der Waals surface area contributed by atoms with Crippen molar-refractivity contribution in [1.82, 2.24) is 0 Å². The van der Waals surface area contributed by atoms with Gasteiger partial charge < -0.3 is 10.2 Å². The molecule has 0 rings (SSSR count). The Bertz CT molecular complexity index is 149. The molecule has 66 valence electrons. The molecule has 2 unspecified atom stereocenters. The molecule has 0 aromatic carbocycles. The summed E-state index contributed by atoms with van der Waals surface area (Å²) in [6.45, 7) is 6.11. The van der Waals surface area contributed by atoms with Crippen molar-refractivity contribution >= 4 is 5.78 Å². The summed E-state index contributed by atoms with van der Waals surface area (Å²) < 4.78 is 0. The Morgan fingerprint density at radius 3 is 1.91 bits per heavy atom. The number of rotatable bonds is 3. The molecule has 0 aliphatic rings. The molecule has 0 fully saturated rings. The van der Waals surface area contributed by atoms with Gasteiger partial charge in [0.05, 0.1) is 6.10 Å². The van der Waals surface area contributed by atoms with Crippen molar-refractivity contribution in [1.29, 1.82) is 0 Å². The molecule has 0 saturated carbocycles. The van der Waals surface area contributed by atoms with Crippen LogP contribution in [-0.4, -0.2) is 27.7 Å². The Balaban J connectivity index is 4.42. The first-order valence-electron chi connectivity index (χ1n) is 3.71. The first kappa shape index (κ1) is 10.6. The number of carbonyl (C=O) groups is 1. The van der Waals surface area contributed by atoms with Gasteiger partial charge in [-0.25, -0.2) is 0 Å².